The van der Waals surface area contributed by atoms with Crippen LogP contribution < -0.4 is 0 Å². The Morgan fingerprint density at radius 3 is 2.31 bits per heavy atom. The molecule has 0 bridgehead atoms. The molecule has 5 atom stereocenters. The Labute approximate surface area is 172 Å². The van der Waals surface area contributed by atoms with Crippen molar-refractivity contribution in [1.29, 1.82) is 0 Å². The Morgan fingerprint density at radius 2 is 1.72 bits per heavy atom. The first-order valence-corrected chi connectivity index (χ1v) is 10.3. The molecular formula is C22H32O7. The molecule has 1 saturated carbocycles. The quantitative estimate of drug-likeness (QED) is 0.355. The van der Waals surface area contributed by atoms with Crippen LogP contribution in [0.3, 0.4) is 0 Å². The highest BCUT2D eigenvalue weighted by Gasteiger charge is 2.37. The number of hydrogen-bond donors (Lipinski definition) is 1. The minimum atomic E-state index is -1.02. The fourth-order valence-corrected chi connectivity index (χ4v) is 4.15. The van der Waals surface area contributed by atoms with Gasteiger partial charge in [-0.15, -0.1) is 0 Å². The molecular weight excluding hydrogens is 376 g/mol. The molecule has 0 spiro atoms. The lowest BCUT2D eigenvalue weighted by molar-refractivity contribution is -0.172. The van der Waals surface area contributed by atoms with Crippen LogP contribution in [0.1, 0.15) is 46.0 Å². The maximum absolute atomic E-state index is 12.7. The topological polar surface area (TPSA) is 99.1 Å². The lowest BCUT2D eigenvalue weighted by Gasteiger charge is -2.35. The number of carboxylic acids is 1. The third-order valence-corrected chi connectivity index (χ3v) is 5.83. The van der Waals surface area contributed by atoms with Gasteiger partial charge in [-0.2, -0.15) is 0 Å². The van der Waals surface area contributed by atoms with Gasteiger partial charge in [0.25, 0.3) is 0 Å². The predicted octanol–water partition coefficient (Wildman–Crippen LogP) is 3.14. The van der Waals surface area contributed by atoms with E-state index in [0.29, 0.717) is 24.7 Å². The van der Waals surface area contributed by atoms with Crippen molar-refractivity contribution in [2.45, 2.75) is 58.2 Å². The Hall–Kier alpha value is -2.15. The Balaban J connectivity index is 2.01. The molecule has 5 unspecified atom stereocenters. The molecule has 7 nitrogen and oxygen atoms in total. The van der Waals surface area contributed by atoms with Crippen LogP contribution in [0, 0.1) is 23.7 Å². The number of esters is 2. The maximum Gasteiger partial charge on any atom is 0.330 e. The summed E-state index contributed by atoms with van der Waals surface area (Å²) in [5.41, 5.74) is 0. The van der Waals surface area contributed by atoms with E-state index in [1.807, 2.05) is 0 Å². The van der Waals surface area contributed by atoms with Gasteiger partial charge in [-0.05, 0) is 37.5 Å². The summed E-state index contributed by atoms with van der Waals surface area (Å²) >= 11 is 0. The molecule has 0 amide bonds. The SMILES string of the molecule is C=CC(=O)OCC(COC1C(C)CCCC1C)OC(=O)C1CC=CCC1C(=O)O. The van der Waals surface area contributed by atoms with E-state index in [1.54, 1.807) is 12.2 Å². The molecule has 162 valence electrons. The van der Waals surface area contributed by atoms with Crippen molar-refractivity contribution >= 4 is 17.9 Å². The van der Waals surface area contributed by atoms with Crippen LogP contribution in [0.5, 0.6) is 0 Å². The van der Waals surface area contributed by atoms with Gasteiger partial charge in [0.1, 0.15) is 6.61 Å². The number of carbonyl (C=O) groups is 3. The van der Waals surface area contributed by atoms with Gasteiger partial charge in [-0.3, -0.25) is 9.59 Å². The number of allylic oxidation sites excluding steroid dienone is 2. The number of ether oxygens (including phenoxy) is 3. The highest BCUT2D eigenvalue weighted by atomic mass is 16.6. The second-order valence-corrected chi connectivity index (χ2v) is 8.07. The standard InChI is InChI=1S/C22H32O7/c1-4-19(23)27-12-16(13-28-20-14(2)8-7-9-15(20)3)29-22(26)18-11-6-5-10-17(18)21(24)25/h4-6,14-18,20H,1,7-13H2,2-3H3,(H,24,25). The summed E-state index contributed by atoms with van der Waals surface area (Å²) in [5, 5.41) is 9.38. The first kappa shape index (κ1) is 23.1. The molecule has 0 saturated heterocycles. The van der Waals surface area contributed by atoms with E-state index in [9.17, 15) is 19.5 Å². The van der Waals surface area contributed by atoms with E-state index < -0.39 is 35.8 Å². The monoisotopic (exact) mass is 408 g/mol. The molecule has 7 heteroatoms. The normalized spacial score (nSPS) is 30.2. The Bertz CT molecular complexity index is 617. The lowest BCUT2D eigenvalue weighted by atomic mass is 9.80. The van der Waals surface area contributed by atoms with E-state index in [4.69, 9.17) is 14.2 Å². The van der Waals surface area contributed by atoms with Gasteiger partial charge in [-0.25, -0.2) is 4.79 Å². The molecule has 0 aromatic rings. The molecule has 2 rings (SSSR count). The van der Waals surface area contributed by atoms with Crippen molar-refractivity contribution < 1.29 is 33.7 Å². The Morgan fingerprint density at radius 1 is 1.10 bits per heavy atom. The highest BCUT2D eigenvalue weighted by Crippen LogP contribution is 2.32. The van der Waals surface area contributed by atoms with Crippen molar-refractivity contribution in [2.75, 3.05) is 13.2 Å². The van der Waals surface area contributed by atoms with Gasteiger partial charge in [0.05, 0.1) is 24.5 Å². The van der Waals surface area contributed by atoms with Crippen molar-refractivity contribution in [3.05, 3.63) is 24.8 Å². The number of hydrogen-bond acceptors (Lipinski definition) is 6. The van der Waals surface area contributed by atoms with Crippen LogP contribution in [-0.4, -0.2) is 48.4 Å². The first-order chi connectivity index (χ1) is 13.8. The van der Waals surface area contributed by atoms with Crippen LogP contribution in [-0.2, 0) is 28.6 Å². The number of carboxylic acid groups (broad SMARTS) is 1. The molecule has 0 aromatic carbocycles. The van der Waals surface area contributed by atoms with Gasteiger partial charge in [-0.1, -0.05) is 39.0 Å². The lowest BCUT2D eigenvalue weighted by Crippen LogP contribution is -2.40. The number of carbonyl (C=O) groups excluding carboxylic acids is 2. The van der Waals surface area contributed by atoms with Crippen LogP contribution in [0.25, 0.3) is 0 Å². The summed E-state index contributed by atoms with van der Waals surface area (Å²) in [6.45, 7) is 7.58. The summed E-state index contributed by atoms with van der Waals surface area (Å²) in [4.78, 5) is 35.6. The summed E-state index contributed by atoms with van der Waals surface area (Å²) in [6.07, 6.45) is 7.78. The fraction of sp³-hybridized carbons (Fsp3) is 0.682. The van der Waals surface area contributed by atoms with Crippen molar-refractivity contribution in [3.8, 4) is 0 Å². The van der Waals surface area contributed by atoms with Crippen LogP contribution in [0.2, 0.25) is 0 Å². The predicted molar refractivity (Wildman–Crippen MR) is 106 cm³/mol. The molecule has 29 heavy (non-hydrogen) atoms. The van der Waals surface area contributed by atoms with E-state index >= 15 is 0 Å². The summed E-state index contributed by atoms with van der Waals surface area (Å²) < 4.78 is 16.7. The number of aliphatic carboxylic acids is 1. The zero-order valence-electron chi connectivity index (χ0n) is 17.2. The second kappa shape index (κ2) is 11.1. The largest absolute Gasteiger partial charge is 0.481 e. The zero-order chi connectivity index (χ0) is 21.4. The minimum Gasteiger partial charge on any atom is -0.481 e. The summed E-state index contributed by atoms with van der Waals surface area (Å²) in [7, 11) is 0. The molecule has 0 radical (unpaired) electrons. The van der Waals surface area contributed by atoms with Crippen molar-refractivity contribution in [1.82, 2.24) is 0 Å². The average Bonchev–Trinajstić information content (AvgIpc) is 2.70. The zero-order valence-corrected chi connectivity index (χ0v) is 17.2. The number of rotatable bonds is 9. The molecule has 0 heterocycles. The van der Waals surface area contributed by atoms with E-state index in [0.717, 1.165) is 18.9 Å². The molecule has 1 N–H and O–H groups in total. The van der Waals surface area contributed by atoms with E-state index in [1.165, 1.54) is 6.42 Å². The van der Waals surface area contributed by atoms with Gasteiger partial charge in [0.15, 0.2) is 6.10 Å². The van der Waals surface area contributed by atoms with Crippen LogP contribution in [0.4, 0.5) is 0 Å². The molecule has 2 aliphatic rings. The average molecular weight is 408 g/mol. The van der Waals surface area contributed by atoms with E-state index in [2.05, 4.69) is 20.4 Å². The van der Waals surface area contributed by atoms with E-state index in [-0.39, 0.29) is 19.3 Å². The molecule has 0 aromatic heterocycles. The fourth-order valence-electron chi connectivity index (χ4n) is 4.15. The second-order valence-electron chi connectivity index (χ2n) is 8.07. The first-order valence-electron chi connectivity index (χ1n) is 10.3. The third kappa shape index (κ3) is 6.70. The molecule has 2 aliphatic carbocycles. The van der Waals surface area contributed by atoms with Gasteiger partial charge < -0.3 is 19.3 Å². The van der Waals surface area contributed by atoms with Crippen LogP contribution >= 0.6 is 0 Å². The van der Waals surface area contributed by atoms with Crippen molar-refractivity contribution in [2.24, 2.45) is 23.7 Å². The minimum absolute atomic E-state index is 0.0458. The van der Waals surface area contributed by atoms with Gasteiger partial charge in [0, 0.05) is 6.08 Å². The highest BCUT2D eigenvalue weighted by molar-refractivity contribution is 5.82. The Kier molecular flexibility index (Phi) is 8.89. The smallest absolute Gasteiger partial charge is 0.330 e. The van der Waals surface area contributed by atoms with Crippen LogP contribution in [0.15, 0.2) is 24.8 Å². The maximum atomic E-state index is 12.7. The van der Waals surface area contributed by atoms with Crippen molar-refractivity contribution in [3.63, 3.8) is 0 Å². The summed E-state index contributed by atoms with van der Waals surface area (Å²) in [5.74, 6) is -3.03. The third-order valence-electron chi connectivity index (χ3n) is 5.83. The molecule has 1 fully saturated rings. The van der Waals surface area contributed by atoms with Gasteiger partial charge in [0.2, 0.25) is 0 Å². The summed E-state index contributed by atoms with van der Waals surface area (Å²) in [6, 6.07) is 0. The molecule has 0 aliphatic heterocycles. The van der Waals surface area contributed by atoms with Gasteiger partial charge >= 0.3 is 17.9 Å².